The number of carbonyl (C=O) groups excluding carboxylic acids is 1. The van der Waals surface area contributed by atoms with Gasteiger partial charge in [-0.3, -0.25) is 14.7 Å². The highest BCUT2D eigenvalue weighted by Crippen LogP contribution is 2.26. The molecule has 1 N–H and O–H groups in total. The number of nitrogens with zero attached hydrogens (tertiary/aromatic N) is 3. The van der Waals surface area contributed by atoms with Gasteiger partial charge in [-0.15, -0.1) is 24.8 Å². The number of likely N-dealkylation sites (tertiary alicyclic amines) is 1. The number of ether oxygens (including phenoxy) is 1. The number of methoxy groups -OCH3 is 1. The van der Waals surface area contributed by atoms with E-state index in [9.17, 15) is 4.79 Å². The molecule has 154 valence electrons. The van der Waals surface area contributed by atoms with Crippen LogP contribution in [0.5, 0.6) is 5.75 Å². The number of benzene rings is 1. The highest BCUT2D eigenvalue weighted by Gasteiger charge is 2.32. The average molecular weight is 427 g/mol. The van der Waals surface area contributed by atoms with Crippen molar-refractivity contribution in [1.82, 2.24) is 20.1 Å². The zero-order chi connectivity index (χ0) is 18.1. The predicted octanol–water partition coefficient (Wildman–Crippen LogP) is 2.52. The Kier molecular flexibility index (Phi) is 7.89. The second-order valence-corrected chi connectivity index (χ2v) is 7.17. The fourth-order valence-corrected chi connectivity index (χ4v) is 4.08. The van der Waals surface area contributed by atoms with Gasteiger partial charge in [0.1, 0.15) is 5.75 Å². The summed E-state index contributed by atoms with van der Waals surface area (Å²) in [6, 6.07) is 8.11. The van der Waals surface area contributed by atoms with Gasteiger partial charge >= 0.3 is 0 Å². The first-order valence-electron chi connectivity index (χ1n) is 9.35. The van der Waals surface area contributed by atoms with E-state index < -0.39 is 0 Å². The van der Waals surface area contributed by atoms with Crippen LogP contribution in [0.2, 0.25) is 0 Å². The molecule has 0 aliphatic carbocycles. The lowest BCUT2D eigenvalue weighted by atomic mass is 10.1. The van der Waals surface area contributed by atoms with E-state index in [-0.39, 0.29) is 30.7 Å². The molecule has 0 saturated carbocycles. The summed E-state index contributed by atoms with van der Waals surface area (Å²) in [7, 11) is 1.64. The van der Waals surface area contributed by atoms with E-state index in [0.717, 1.165) is 73.6 Å². The highest BCUT2D eigenvalue weighted by molar-refractivity contribution is 6.06. The number of halogens is 2. The van der Waals surface area contributed by atoms with Gasteiger partial charge in [0.05, 0.1) is 18.2 Å². The molecule has 2 fully saturated rings. The molecule has 1 amide bonds. The van der Waals surface area contributed by atoms with Gasteiger partial charge in [-0.25, -0.2) is 0 Å². The Bertz CT molecular complexity index is 827. The van der Waals surface area contributed by atoms with E-state index >= 15 is 0 Å². The van der Waals surface area contributed by atoms with Gasteiger partial charge in [-0.05, 0) is 37.6 Å². The van der Waals surface area contributed by atoms with Crippen LogP contribution < -0.4 is 10.1 Å². The largest absolute Gasteiger partial charge is 0.497 e. The van der Waals surface area contributed by atoms with Gasteiger partial charge in [-0.2, -0.15) is 0 Å². The molecule has 2 aliphatic rings. The Balaban J connectivity index is 0.00000140. The lowest BCUT2D eigenvalue weighted by Crippen LogP contribution is -2.49. The van der Waals surface area contributed by atoms with Crippen molar-refractivity contribution in [3.63, 3.8) is 0 Å². The molecule has 3 heterocycles. The summed E-state index contributed by atoms with van der Waals surface area (Å²) in [6.45, 7) is 7.79. The maximum atomic E-state index is 13.3. The zero-order valence-electron chi connectivity index (χ0n) is 16.3. The van der Waals surface area contributed by atoms with Gasteiger partial charge < -0.3 is 15.0 Å². The van der Waals surface area contributed by atoms with Crippen molar-refractivity contribution in [2.45, 2.75) is 19.4 Å². The lowest BCUT2D eigenvalue weighted by molar-refractivity contribution is 0.0775. The molecule has 8 heteroatoms. The van der Waals surface area contributed by atoms with Crippen LogP contribution in [-0.4, -0.2) is 73.1 Å². The van der Waals surface area contributed by atoms with Gasteiger partial charge in [0.25, 0.3) is 5.91 Å². The second kappa shape index (κ2) is 9.74. The quantitative estimate of drug-likeness (QED) is 0.816. The summed E-state index contributed by atoms with van der Waals surface area (Å²) in [5.41, 5.74) is 2.43. The van der Waals surface area contributed by atoms with Gasteiger partial charge in [0.15, 0.2) is 0 Å². The molecule has 2 aromatic rings. The first-order chi connectivity index (χ1) is 12.7. The van der Waals surface area contributed by atoms with Crippen molar-refractivity contribution < 1.29 is 9.53 Å². The number of aromatic nitrogens is 1. The summed E-state index contributed by atoms with van der Waals surface area (Å²) in [5, 5.41) is 4.26. The van der Waals surface area contributed by atoms with Crippen LogP contribution in [0.3, 0.4) is 0 Å². The molecule has 0 radical (unpaired) electrons. The molecule has 1 atom stereocenters. The number of aryl methyl sites for hydroxylation is 1. The smallest absolute Gasteiger partial charge is 0.254 e. The number of amides is 1. The Hall–Kier alpha value is -1.60. The van der Waals surface area contributed by atoms with Crippen molar-refractivity contribution in [2.75, 3.05) is 46.4 Å². The van der Waals surface area contributed by atoms with Crippen molar-refractivity contribution in [3.05, 3.63) is 35.5 Å². The molecular formula is C20H28Cl2N4O2. The summed E-state index contributed by atoms with van der Waals surface area (Å²) >= 11 is 0. The fourth-order valence-electron chi connectivity index (χ4n) is 4.08. The normalized spacial score (nSPS) is 19.8. The lowest BCUT2D eigenvalue weighted by Gasteiger charge is -2.32. The molecule has 28 heavy (non-hydrogen) atoms. The number of nitrogens with one attached hydrogen (secondary N) is 1. The Morgan fingerprint density at radius 1 is 1.18 bits per heavy atom. The van der Waals surface area contributed by atoms with Crippen molar-refractivity contribution >= 4 is 41.6 Å². The van der Waals surface area contributed by atoms with E-state index in [4.69, 9.17) is 4.74 Å². The van der Waals surface area contributed by atoms with Crippen LogP contribution in [0.15, 0.2) is 24.3 Å². The summed E-state index contributed by atoms with van der Waals surface area (Å²) in [5.74, 6) is 0.851. The van der Waals surface area contributed by atoms with E-state index in [2.05, 4.69) is 15.2 Å². The summed E-state index contributed by atoms with van der Waals surface area (Å²) < 4.78 is 5.34. The molecule has 2 aliphatic heterocycles. The minimum Gasteiger partial charge on any atom is -0.497 e. The SMILES string of the molecule is COc1ccc2nc(C)cc(C(=O)N3CCC(N4CCNCC4)C3)c2c1.Cl.Cl. The van der Waals surface area contributed by atoms with Gasteiger partial charge in [0.2, 0.25) is 0 Å². The number of piperazine rings is 1. The van der Waals surface area contributed by atoms with Crippen LogP contribution in [0.25, 0.3) is 10.9 Å². The molecule has 1 aromatic heterocycles. The fraction of sp³-hybridized carbons (Fsp3) is 0.500. The average Bonchev–Trinajstić information content (AvgIpc) is 3.17. The zero-order valence-corrected chi connectivity index (χ0v) is 17.9. The van der Waals surface area contributed by atoms with Crippen molar-refractivity contribution in [1.29, 1.82) is 0 Å². The van der Waals surface area contributed by atoms with Crippen molar-refractivity contribution in [3.8, 4) is 5.75 Å². The third-order valence-electron chi connectivity index (χ3n) is 5.49. The van der Waals surface area contributed by atoms with Gasteiger partial charge in [0, 0.05) is 56.4 Å². The third kappa shape index (κ3) is 4.51. The van der Waals surface area contributed by atoms with Crippen LogP contribution >= 0.6 is 24.8 Å². The number of hydrogen-bond donors (Lipinski definition) is 1. The van der Waals surface area contributed by atoms with Gasteiger partial charge in [-0.1, -0.05) is 0 Å². The summed E-state index contributed by atoms with van der Waals surface area (Å²) in [4.78, 5) is 22.4. The minimum atomic E-state index is 0. The number of rotatable bonds is 3. The molecule has 4 rings (SSSR count). The predicted molar refractivity (Wildman–Crippen MR) is 116 cm³/mol. The van der Waals surface area contributed by atoms with Crippen LogP contribution in [-0.2, 0) is 0 Å². The van der Waals surface area contributed by atoms with E-state index in [0.29, 0.717) is 6.04 Å². The van der Waals surface area contributed by atoms with Crippen molar-refractivity contribution in [2.24, 2.45) is 0 Å². The number of carbonyl (C=O) groups is 1. The molecule has 6 nitrogen and oxygen atoms in total. The topological polar surface area (TPSA) is 57.7 Å². The number of pyridine rings is 1. The maximum Gasteiger partial charge on any atom is 0.254 e. The Morgan fingerprint density at radius 2 is 1.93 bits per heavy atom. The summed E-state index contributed by atoms with van der Waals surface area (Å²) in [6.07, 6.45) is 1.05. The third-order valence-corrected chi connectivity index (χ3v) is 5.49. The molecule has 1 unspecified atom stereocenters. The van der Waals surface area contributed by atoms with Crippen LogP contribution in [0, 0.1) is 6.92 Å². The molecule has 2 saturated heterocycles. The first-order valence-corrected chi connectivity index (χ1v) is 9.35. The Labute approximate surface area is 178 Å². The second-order valence-electron chi connectivity index (χ2n) is 7.17. The minimum absolute atomic E-state index is 0. The first kappa shape index (κ1) is 22.7. The maximum absolute atomic E-state index is 13.3. The number of fused-ring (bicyclic) bond motifs is 1. The molecule has 0 bridgehead atoms. The van der Waals surface area contributed by atoms with E-state index in [1.54, 1.807) is 7.11 Å². The highest BCUT2D eigenvalue weighted by atomic mass is 35.5. The van der Waals surface area contributed by atoms with Crippen LogP contribution in [0.1, 0.15) is 22.5 Å². The number of hydrogen-bond acceptors (Lipinski definition) is 5. The van der Waals surface area contributed by atoms with E-state index in [1.165, 1.54) is 0 Å². The standard InChI is InChI=1S/C20H26N4O2.2ClH/c1-14-11-18(17-12-16(26-2)3-4-19(17)22-14)20(25)24-8-5-15(13-24)23-9-6-21-7-10-23;;/h3-4,11-12,15,21H,5-10,13H2,1-2H3;2*1H. The molecule has 0 spiro atoms. The van der Waals surface area contributed by atoms with Crippen LogP contribution in [0.4, 0.5) is 0 Å². The Morgan fingerprint density at radius 3 is 2.64 bits per heavy atom. The molecular weight excluding hydrogens is 399 g/mol. The molecule has 1 aromatic carbocycles. The monoisotopic (exact) mass is 426 g/mol. The van der Waals surface area contributed by atoms with E-state index in [1.807, 2.05) is 36.1 Å².